The molecule has 2 atom stereocenters. The summed E-state index contributed by atoms with van der Waals surface area (Å²) in [7, 11) is 0. The number of carbonyl (C=O) groups is 1. The van der Waals surface area contributed by atoms with Crippen LogP contribution in [0, 0.1) is 0 Å². The van der Waals surface area contributed by atoms with Gasteiger partial charge in [-0.2, -0.15) is 0 Å². The number of para-hydroxylation sites is 1. The highest BCUT2D eigenvalue weighted by Gasteiger charge is 2.30. The first-order valence-corrected chi connectivity index (χ1v) is 10.6. The van der Waals surface area contributed by atoms with Crippen LogP contribution in [0.4, 0.5) is 0 Å². The Bertz CT molecular complexity index is 782. The number of ether oxygens (including phenoxy) is 1. The molecule has 4 rings (SSSR count). The van der Waals surface area contributed by atoms with Gasteiger partial charge in [-0.1, -0.05) is 36.4 Å². The molecule has 0 aromatic heterocycles. The van der Waals surface area contributed by atoms with Crippen LogP contribution in [0.2, 0.25) is 0 Å². The molecule has 2 heterocycles. The van der Waals surface area contributed by atoms with Crippen molar-refractivity contribution in [3.05, 3.63) is 59.7 Å². The fourth-order valence-electron chi connectivity index (χ4n) is 3.78. The lowest BCUT2D eigenvalue weighted by molar-refractivity contribution is -0.110. The summed E-state index contributed by atoms with van der Waals surface area (Å²) in [4.78, 5) is 12.7. The lowest BCUT2D eigenvalue weighted by Crippen LogP contribution is -2.34. The zero-order chi connectivity index (χ0) is 18.5. The molecule has 27 heavy (non-hydrogen) atoms. The van der Waals surface area contributed by atoms with E-state index in [2.05, 4.69) is 40.0 Å². The van der Waals surface area contributed by atoms with Crippen LogP contribution in [0.15, 0.2) is 53.4 Å². The van der Waals surface area contributed by atoms with Gasteiger partial charge in [0.1, 0.15) is 24.2 Å². The molecule has 0 saturated carbocycles. The summed E-state index contributed by atoms with van der Waals surface area (Å²) in [5.74, 6) is 1.04. The molecule has 0 bridgehead atoms. The largest absolute Gasteiger partial charge is 0.489 e. The number of fused-ring (bicyclic) bond motifs is 2. The number of hydrogen-bond donors (Lipinski definition) is 1. The maximum atomic E-state index is 11.5. The van der Waals surface area contributed by atoms with Crippen molar-refractivity contribution in [1.29, 1.82) is 0 Å². The molecule has 1 N–H and O–H groups in total. The second-order valence-electron chi connectivity index (χ2n) is 7.15. The highest BCUT2D eigenvalue weighted by molar-refractivity contribution is 7.97. The van der Waals surface area contributed by atoms with E-state index in [1.54, 1.807) is 11.9 Å². The van der Waals surface area contributed by atoms with Gasteiger partial charge in [-0.3, -0.25) is 0 Å². The second-order valence-corrected chi connectivity index (χ2v) is 8.24. The Morgan fingerprint density at radius 3 is 2.93 bits per heavy atom. The van der Waals surface area contributed by atoms with Gasteiger partial charge in [-0.15, -0.1) is 0 Å². The van der Waals surface area contributed by atoms with Gasteiger partial charge in [0.05, 0.1) is 0 Å². The fourth-order valence-corrected chi connectivity index (χ4v) is 4.96. The molecular formula is C22H26N2O2S. The van der Waals surface area contributed by atoms with E-state index in [9.17, 15) is 4.79 Å². The molecule has 142 valence electrons. The first kappa shape index (κ1) is 18.5. The van der Waals surface area contributed by atoms with Crippen molar-refractivity contribution in [2.24, 2.45) is 0 Å². The van der Waals surface area contributed by atoms with Crippen LogP contribution < -0.4 is 10.1 Å². The Morgan fingerprint density at radius 1 is 1.15 bits per heavy atom. The predicted octanol–water partition coefficient (Wildman–Crippen LogP) is 4.01. The number of hydrogen-bond acceptors (Lipinski definition) is 5. The fraction of sp³-hybridized carbons (Fsp3) is 0.409. The Hall–Kier alpha value is -1.82. The third-order valence-corrected chi connectivity index (χ3v) is 6.46. The standard InChI is InChI=1S/C22H26N2O2S/c25-16-20-19-8-2-4-10-22(19)27-24(20)14-6-5-13-23-15-18-12-11-17-7-1-3-9-21(17)26-18/h1-4,7-10,16,18,20,23H,5-6,11-15H2/t18-,20?/m1/s1. The number of aryl methyl sites for hydroxylation is 1. The average molecular weight is 383 g/mol. The van der Waals surface area contributed by atoms with Crippen molar-refractivity contribution in [1.82, 2.24) is 9.62 Å². The maximum Gasteiger partial charge on any atom is 0.142 e. The highest BCUT2D eigenvalue weighted by Crippen LogP contribution is 2.42. The average Bonchev–Trinajstić information content (AvgIpc) is 3.07. The molecule has 2 aromatic rings. The Kier molecular flexibility index (Phi) is 6.12. The molecule has 0 fully saturated rings. The van der Waals surface area contributed by atoms with Gasteiger partial charge in [-0.05, 0) is 67.4 Å². The molecule has 4 nitrogen and oxygen atoms in total. The predicted molar refractivity (Wildman–Crippen MR) is 109 cm³/mol. The molecule has 0 aliphatic carbocycles. The minimum atomic E-state index is -0.102. The number of carbonyl (C=O) groups excluding carboxylic acids is 1. The van der Waals surface area contributed by atoms with E-state index < -0.39 is 0 Å². The molecule has 2 aromatic carbocycles. The summed E-state index contributed by atoms with van der Waals surface area (Å²) in [6.07, 6.45) is 5.68. The van der Waals surface area contributed by atoms with E-state index in [-0.39, 0.29) is 12.1 Å². The first-order chi connectivity index (χ1) is 13.3. The SMILES string of the molecule is O=CC1c2ccccc2SN1CCCCNC[C@H]1CCc2ccccc2O1. The first-order valence-electron chi connectivity index (χ1n) is 9.79. The Morgan fingerprint density at radius 2 is 2.00 bits per heavy atom. The van der Waals surface area contributed by atoms with E-state index in [1.807, 2.05) is 18.2 Å². The van der Waals surface area contributed by atoms with Gasteiger partial charge >= 0.3 is 0 Å². The van der Waals surface area contributed by atoms with Crippen LogP contribution in [0.25, 0.3) is 0 Å². The van der Waals surface area contributed by atoms with Crippen molar-refractivity contribution in [2.75, 3.05) is 19.6 Å². The van der Waals surface area contributed by atoms with Crippen LogP contribution in [-0.4, -0.2) is 36.3 Å². The number of aldehydes is 1. The third kappa shape index (κ3) is 4.37. The van der Waals surface area contributed by atoms with Crippen molar-refractivity contribution in [3.8, 4) is 5.75 Å². The van der Waals surface area contributed by atoms with Gasteiger partial charge in [0.25, 0.3) is 0 Å². The monoisotopic (exact) mass is 382 g/mol. The number of nitrogens with zero attached hydrogens (tertiary/aromatic N) is 1. The number of rotatable bonds is 8. The Labute approximate surface area is 165 Å². The zero-order valence-electron chi connectivity index (χ0n) is 15.5. The molecule has 0 saturated heterocycles. The van der Waals surface area contributed by atoms with Crippen molar-refractivity contribution in [3.63, 3.8) is 0 Å². The molecule has 0 spiro atoms. The van der Waals surface area contributed by atoms with E-state index >= 15 is 0 Å². The number of benzene rings is 2. The minimum absolute atomic E-state index is 0.102. The summed E-state index contributed by atoms with van der Waals surface area (Å²) in [5, 5.41) is 3.53. The van der Waals surface area contributed by atoms with E-state index in [0.717, 1.165) is 62.9 Å². The quantitative estimate of drug-likeness (QED) is 0.424. The zero-order valence-corrected chi connectivity index (χ0v) is 16.3. The van der Waals surface area contributed by atoms with Gasteiger partial charge in [-0.25, -0.2) is 4.31 Å². The summed E-state index contributed by atoms with van der Waals surface area (Å²) < 4.78 is 8.28. The van der Waals surface area contributed by atoms with Crippen LogP contribution in [0.3, 0.4) is 0 Å². The van der Waals surface area contributed by atoms with Crippen molar-refractivity contribution in [2.45, 2.75) is 42.7 Å². The smallest absolute Gasteiger partial charge is 0.142 e. The van der Waals surface area contributed by atoms with Crippen molar-refractivity contribution < 1.29 is 9.53 Å². The lowest BCUT2D eigenvalue weighted by atomic mass is 10.0. The van der Waals surface area contributed by atoms with Gasteiger partial charge in [0.2, 0.25) is 0 Å². The normalized spacial score (nSPS) is 21.3. The topological polar surface area (TPSA) is 41.6 Å². The molecular weight excluding hydrogens is 356 g/mol. The van der Waals surface area contributed by atoms with Gasteiger partial charge in [0, 0.05) is 18.0 Å². The van der Waals surface area contributed by atoms with Crippen LogP contribution in [-0.2, 0) is 11.2 Å². The molecule has 5 heteroatoms. The molecule has 0 radical (unpaired) electrons. The highest BCUT2D eigenvalue weighted by atomic mass is 32.2. The van der Waals surface area contributed by atoms with E-state index in [4.69, 9.17) is 4.74 Å². The number of unbranched alkanes of at least 4 members (excludes halogenated alkanes) is 1. The van der Waals surface area contributed by atoms with Gasteiger partial charge < -0.3 is 14.8 Å². The summed E-state index contributed by atoms with van der Waals surface area (Å²) >= 11 is 1.71. The lowest BCUT2D eigenvalue weighted by Gasteiger charge is -2.26. The maximum absolute atomic E-state index is 11.5. The van der Waals surface area contributed by atoms with Crippen LogP contribution in [0.5, 0.6) is 5.75 Å². The third-order valence-electron chi connectivity index (χ3n) is 5.25. The molecule has 0 amide bonds. The minimum Gasteiger partial charge on any atom is -0.489 e. The van der Waals surface area contributed by atoms with E-state index in [0.29, 0.717) is 0 Å². The van der Waals surface area contributed by atoms with Gasteiger partial charge in [0.15, 0.2) is 0 Å². The van der Waals surface area contributed by atoms with E-state index in [1.165, 1.54) is 10.5 Å². The molecule has 1 unspecified atom stereocenters. The summed E-state index contributed by atoms with van der Waals surface area (Å²) in [5.41, 5.74) is 2.47. The van der Waals surface area contributed by atoms with Crippen LogP contribution >= 0.6 is 11.9 Å². The second kappa shape index (κ2) is 8.91. The van der Waals surface area contributed by atoms with Crippen LogP contribution in [0.1, 0.15) is 36.4 Å². The summed E-state index contributed by atoms with van der Waals surface area (Å²) in [6, 6.07) is 16.4. The van der Waals surface area contributed by atoms with Crippen molar-refractivity contribution >= 4 is 18.2 Å². The molecule has 2 aliphatic heterocycles. The Balaban J connectivity index is 1.14. The summed E-state index contributed by atoms with van der Waals surface area (Å²) in [6.45, 7) is 2.81. The molecule has 2 aliphatic rings. The number of nitrogens with one attached hydrogen (secondary N) is 1.